The van der Waals surface area contributed by atoms with Crippen LogP contribution < -0.4 is 0 Å². The van der Waals surface area contributed by atoms with Gasteiger partial charge in [-0.3, -0.25) is 0 Å². The molecule has 0 aliphatic carbocycles. The molecule has 0 aromatic heterocycles. The van der Waals surface area contributed by atoms with Gasteiger partial charge in [-0.15, -0.1) is 0 Å². The third kappa shape index (κ3) is 5.52. The molecular formula is C9H18O2. The lowest BCUT2D eigenvalue weighted by Gasteiger charge is -1.99. The Bertz CT molecular complexity index is 128. The zero-order valence-electron chi connectivity index (χ0n) is 6.97. The van der Waals surface area contributed by atoms with E-state index < -0.39 is 0 Å². The molecular weight excluding hydrogens is 140 g/mol. The Morgan fingerprint density at radius 2 is 1.18 bits per heavy atom. The first-order valence-electron chi connectivity index (χ1n) is 3.12. The third-order valence-electron chi connectivity index (χ3n) is 1.21. The Morgan fingerprint density at radius 1 is 0.909 bits per heavy atom. The molecule has 2 nitrogen and oxygen atoms in total. The number of ether oxygens (including phenoxy) is 2. The predicted octanol–water partition coefficient (Wildman–Crippen LogP) is 2.72. The maximum Gasteiger partial charge on any atom is 0.0857 e. The highest BCUT2D eigenvalue weighted by Crippen LogP contribution is 2.06. The van der Waals surface area contributed by atoms with Gasteiger partial charge in [0.25, 0.3) is 0 Å². The first-order chi connectivity index (χ1) is 4.72. The van der Waals surface area contributed by atoms with Crippen molar-refractivity contribution in [2.75, 3.05) is 14.2 Å². The summed E-state index contributed by atoms with van der Waals surface area (Å²) in [5.41, 5.74) is 2.15. The van der Waals surface area contributed by atoms with Crippen LogP contribution in [0.15, 0.2) is 23.7 Å². The topological polar surface area (TPSA) is 18.5 Å². The molecule has 11 heavy (non-hydrogen) atoms. The highest BCUT2D eigenvalue weighted by molar-refractivity contribution is 5.23. The number of rotatable bonds is 3. The lowest BCUT2D eigenvalue weighted by molar-refractivity contribution is 0.328. The van der Waals surface area contributed by atoms with E-state index in [4.69, 9.17) is 9.47 Å². The van der Waals surface area contributed by atoms with Gasteiger partial charge in [0.2, 0.25) is 0 Å². The van der Waals surface area contributed by atoms with Crippen molar-refractivity contribution in [1.29, 1.82) is 0 Å². The number of methoxy groups -OCH3 is 2. The van der Waals surface area contributed by atoms with Crippen molar-refractivity contribution in [1.82, 2.24) is 0 Å². The van der Waals surface area contributed by atoms with Gasteiger partial charge in [-0.05, 0) is 25.0 Å². The summed E-state index contributed by atoms with van der Waals surface area (Å²) in [7, 11) is 3.26. The molecule has 0 aromatic carbocycles. The van der Waals surface area contributed by atoms with Crippen molar-refractivity contribution in [2.45, 2.75) is 21.3 Å². The van der Waals surface area contributed by atoms with Gasteiger partial charge in [-0.2, -0.15) is 0 Å². The molecule has 0 rings (SSSR count). The smallest absolute Gasteiger partial charge is 0.0857 e. The van der Waals surface area contributed by atoms with Crippen molar-refractivity contribution in [2.24, 2.45) is 0 Å². The van der Waals surface area contributed by atoms with Crippen LogP contribution >= 0.6 is 0 Å². The second-order valence-corrected chi connectivity index (χ2v) is 2.07. The van der Waals surface area contributed by atoms with Crippen LogP contribution in [0.1, 0.15) is 21.3 Å². The van der Waals surface area contributed by atoms with Crippen molar-refractivity contribution in [3.63, 3.8) is 0 Å². The van der Waals surface area contributed by atoms with E-state index >= 15 is 0 Å². The molecule has 0 heterocycles. The van der Waals surface area contributed by atoms with Crippen molar-refractivity contribution in [3.05, 3.63) is 23.7 Å². The summed E-state index contributed by atoms with van der Waals surface area (Å²) >= 11 is 0. The molecule has 0 aliphatic heterocycles. The summed E-state index contributed by atoms with van der Waals surface area (Å²) in [5, 5.41) is 0. The standard InChI is InChI=1S/C8H14O2.CH4/c1-7(5-9-3)8(2)6-10-4;/h5-6H,1-4H3;1H4/b7-5+,8-6+;. The minimum absolute atomic E-state index is 0. The van der Waals surface area contributed by atoms with Crippen LogP contribution in [0, 0.1) is 0 Å². The first kappa shape index (κ1) is 12.7. The van der Waals surface area contributed by atoms with Gasteiger partial charge in [0.15, 0.2) is 0 Å². The normalized spacial score (nSPS) is 12.0. The molecule has 0 aliphatic rings. The van der Waals surface area contributed by atoms with Crippen molar-refractivity contribution < 1.29 is 9.47 Å². The van der Waals surface area contributed by atoms with Crippen LogP contribution in [0.25, 0.3) is 0 Å². The van der Waals surface area contributed by atoms with Crippen LogP contribution in [-0.4, -0.2) is 14.2 Å². The highest BCUT2D eigenvalue weighted by Gasteiger charge is 1.90. The second-order valence-electron chi connectivity index (χ2n) is 2.07. The molecule has 2 heteroatoms. The van der Waals surface area contributed by atoms with Gasteiger partial charge >= 0.3 is 0 Å². The first-order valence-corrected chi connectivity index (χ1v) is 3.12. The Labute approximate surface area is 69.5 Å². The van der Waals surface area contributed by atoms with Gasteiger partial charge in [0, 0.05) is 0 Å². The minimum atomic E-state index is 0. The maximum atomic E-state index is 4.81. The highest BCUT2D eigenvalue weighted by atomic mass is 16.5. The van der Waals surface area contributed by atoms with Gasteiger partial charge < -0.3 is 9.47 Å². The number of hydrogen-bond acceptors (Lipinski definition) is 2. The molecule has 0 aromatic rings. The van der Waals surface area contributed by atoms with Crippen molar-refractivity contribution >= 4 is 0 Å². The van der Waals surface area contributed by atoms with Gasteiger partial charge in [-0.1, -0.05) is 7.43 Å². The summed E-state index contributed by atoms with van der Waals surface area (Å²) in [6.45, 7) is 3.93. The SMILES string of the molecule is C.CO/C=C(C)/C(C)=C/OC. The van der Waals surface area contributed by atoms with E-state index in [1.165, 1.54) is 0 Å². The van der Waals surface area contributed by atoms with E-state index in [2.05, 4.69) is 0 Å². The summed E-state index contributed by atoms with van der Waals surface area (Å²) in [6, 6.07) is 0. The average Bonchev–Trinajstić information content (AvgIpc) is 1.89. The van der Waals surface area contributed by atoms with Gasteiger partial charge in [0.05, 0.1) is 26.7 Å². The van der Waals surface area contributed by atoms with E-state index in [0.717, 1.165) is 11.1 Å². The zero-order chi connectivity index (χ0) is 7.98. The zero-order valence-corrected chi connectivity index (χ0v) is 6.97. The second kappa shape index (κ2) is 7.19. The lowest BCUT2D eigenvalue weighted by atomic mass is 10.2. The molecule has 0 bridgehead atoms. The number of allylic oxidation sites excluding steroid dienone is 2. The fourth-order valence-electron chi connectivity index (χ4n) is 0.539. The predicted molar refractivity (Wildman–Crippen MR) is 48.3 cm³/mol. The molecule has 0 saturated heterocycles. The van der Waals surface area contributed by atoms with Crippen LogP contribution in [0.5, 0.6) is 0 Å². The Hall–Kier alpha value is -0.920. The van der Waals surface area contributed by atoms with E-state index in [0.29, 0.717) is 0 Å². The largest absolute Gasteiger partial charge is 0.504 e. The Balaban J connectivity index is 0. The number of hydrogen-bond donors (Lipinski definition) is 0. The molecule has 0 saturated carbocycles. The molecule has 0 N–H and O–H groups in total. The summed E-state index contributed by atoms with van der Waals surface area (Å²) in [5.74, 6) is 0. The summed E-state index contributed by atoms with van der Waals surface area (Å²) < 4.78 is 9.63. The van der Waals surface area contributed by atoms with E-state index in [9.17, 15) is 0 Å². The summed E-state index contributed by atoms with van der Waals surface area (Å²) in [4.78, 5) is 0. The van der Waals surface area contributed by atoms with Crippen LogP contribution in [-0.2, 0) is 9.47 Å². The van der Waals surface area contributed by atoms with Crippen LogP contribution in [0.3, 0.4) is 0 Å². The van der Waals surface area contributed by atoms with Crippen LogP contribution in [0.4, 0.5) is 0 Å². The van der Waals surface area contributed by atoms with Gasteiger partial charge in [-0.25, -0.2) is 0 Å². The molecule has 0 radical (unpaired) electrons. The fraction of sp³-hybridized carbons (Fsp3) is 0.556. The quantitative estimate of drug-likeness (QED) is 0.464. The summed E-state index contributed by atoms with van der Waals surface area (Å²) in [6.07, 6.45) is 3.37. The lowest BCUT2D eigenvalue weighted by Crippen LogP contribution is -1.82. The monoisotopic (exact) mass is 158 g/mol. The van der Waals surface area contributed by atoms with E-state index in [1.807, 2.05) is 13.8 Å². The maximum absolute atomic E-state index is 4.81. The third-order valence-corrected chi connectivity index (χ3v) is 1.21. The minimum Gasteiger partial charge on any atom is -0.504 e. The Kier molecular flexibility index (Phi) is 8.32. The molecule has 0 atom stereocenters. The molecule has 0 unspecified atom stereocenters. The Morgan fingerprint density at radius 3 is 1.36 bits per heavy atom. The molecule has 66 valence electrons. The van der Waals surface area contributed by atoms with E-state index in [1.54, 1.807) is 26.7 Å². The van der Waals surface area contributed by atoms with Gasteiger partial charge in [0.1, 0.15) is 0 Å². The van der Waals surface area contributed by atoms with Crippen LogP contribution in [0.2, 0.25) is 0 Å². The fourth-order valence-corrected chi connectivity index (χ4v) is 0.539. The van der Waals surface area contributed by atoms with Crippen molar-refractivity contribution in [3.8, 4) is 0 Å². The molecule has 0 amide bonds. The average molecular weight is 158 g/mol. The molecule has 0 spiro atoms. The van der Waals surface area contributed by atoms with E-state index in [-0.39, 0.29) is 7.43 Å². The molecule has 0 fully saturated rings.